The first-order valence-electron chi connectivity index (χ1n) is 12.0. The summed E-state index contributed by atoms with van der Waals surface area (Å²) in [5.74, 6) is -0.173. The topological polar surface area (TPSA) is 61.9 Å². The summed E-state index contributed by atoms with van der Waals surface area (Å²) in [5, 5.41) is 3.26. The summed E-state index contributed by atoms with van der Waals surface area (Å²) >= 11 is 0. The molecule has 0 saturated carbocycles. The van der Waals surface area contributed by atoms with Crippen molar-refractivity contribution in [1.82, 2.24) is 0 Å². The predicted molar refractivity (Wildman–Crippen MR) is 140 cm³/mol. The van der Waals surface area contributed by atoms with Crippen LogP contribution in [0.2, 0.25) is 0 Å². The number of nitrogens with one attached hydrogen (secondary N) is 1. The molecular formula is C29H29N3O3. The molecule has 6 nitrogen and oxygen atoms in total. The monoisotopic (exact) mass is 467 g/mol. The molecule has 2 aliphatic heterocycles. The fraction of sp³-hybridized carbons (Fsp3) is 0.241. The van der Waals surface area contributed by atoms with Crippen LogP contribution < -0.4 is 19.9 Å². The van der Waals surface area contributed by atoms with Crippen molar-refractivity contribution < 1.29 is 14.3 Å². The minimum absolute atomic E-state index is 0.271. The lowest BCUT2D eigenvalue weighted by Gasteiger charge is -2.28. The number of ether oxygens (including phenoxy) is 1. The lowest BCUT2D eigenvalue weighted by Crippen LogP contribution is -2.32. The summed E-state index contributed by atoms with van der Waals surface area (Å²) in [4.78, 5) is 30.8. The van der Waals surface area contributed by atoms with E-state index in [1.54, 1.807) is 31.4 Å². The van der Waals surface area contributed by atoms with Gasteiger partial charge in [-0.05, 0) is 68.1 Å². The van der Waals surface area contributed by atoms with Crippen LogP contribution in [-0.4, -0.2) is 32.0 Å². The molecule has 35 heavy (non-hydrogen) atoms. The second-order valence-corrected chi connectivity index (χ2v) is 8.98. The number of carbonyl (C=O) groups excluding carboxylic acids is 2. The molecule has 0 bridgehead atoms. The van der Waals surface area contributed by atoms with Crippen LogP contribution in [0.5, 0.6) is 5.75 Å². The van der Waals surface area contributed by atoms with Crippen molar-refractivity contribution in [2.75, 3.05) is 35.3 Å². The van der Waals surface area contributed by atoms with Crippen molar-refractivity contribution in [3.8, 4) is 5.75 Å². The van der Waals surface area contributed by atoms with E-state index in [4.69, 9.17) is 4.74 Å². The molecule has 0 spiro atoms. The highest BCUT2D eigenvalue weighted by atomic mass is 16.5. The Morgan fingerprint density at radius 2 is 1.51 bits per heavy atom. The third kappa shape index (κ3) is 4.52. The first-order chi connectivity index (χ1) is 17.0. The van der Waals surface area contributed by atoms with E-state index in [9.17, 15) is 9.59 Å². The number of methoxy groups -OCH3 is 1. The first-order valence-corrected chi connectivity index (χ1v) is 12.0. The quantitative estimate of drug-likeness (QED) is 0.493. The molecule has 0 unspecified atom stereocenters. The van der Waals surface area contributed by atoms with Crippen LogP contribution in [0.15, 0.2) is 78.5 Å². The minimum Gasteiger partial charge on any atom is -0.497 e. The Morgan fingerprint density at radius 3 is 2.20 bits per heavy atom. The maximum absolute atomic E-state index is 13.6. The van der Waals surface area contributed by atoms with Gasteiger partial charge in [-0.3, -0.25) is 9.59 Å². The van der Waals surface area contributed by atoms with Gasteiger partial charge >= 0.3 is 0 Å². The summed E-state index contributed by atoms with van der Waals surface area (Å²) in [6, 6.07) is 22.7. The van der Waals surface area contributed by atoms with Gasteiger partial charge in [0.1, 0.15) is 11.4 Å². The van der Waals surface area contributed by atoms with Gasteiger partial charge in [-0.1, -0.05) is 35.9 Å². The standard InChI is InChI=1S/C29H29N3O3/c1-20-9-11-21(12-10-20)26-27(29(34)32(28(26)33)24-7-6-8-25(19-24)35-2)30-22-13-15-23(16-14-22)31-17-4-3-5-18-31/h6-16,19,30H,3-5,17-18H2,1-2H3. The Kier molecular flexibility index (Phi) is 6.27. The van der Waals surface area contributed by atoms with E-state index < -0.39 is 0 Å². The Balaban J connectivity index is 1.50. The number of hydrogen-bond acceptors (Lipinski definition) is 5. The molecule has 178 valence electrons. The summed E-state index contributed by atoms with van der Waals surface area (Å²) in [6.45, 7) is 4.13. The number of piperidine rings is 1. The highest BCUT2D eigenvalue weighted by Crippen LogP contribution is 2.35. The van der Waals surface area contributed by atoms with E-state index in [0.29, 0.717) is 22.6 Å². The fourth-order valence-corrected chi connectivity index (χ4v) is 4.67. The molecule has 0 radical (unpaired) electrons. The molecule has 1 fully saturated rings. The molecule has 0 atom stereocenters. The highest BCUT2D eigenvalue weighted by Gasteiger charge is 2.40. The summed E-state index contributed by atoms with van der Waals surface area (Å²) < 4.78 is 5.31. The van der Waals surface area contributed by atoms with E-state index in [1.165, 1.54) is 29.8 Å². The number of hydrogen-bond donors (Lipinski definition) is 1. The molecule has 3 aromatic rings. The predicted octanol–water partition coefficient (Wildman–Crippen LogP) is 5.39. The van der Waals surface area contributed by atoms with E-state index in [0.717, 1.165) is 24.3 Å². The Morgan fingerprint density at radius 1 is 0.800 bits per heavy atom. The molecule has 6 heteroatoms. The molecule has 1 N–H and O–H groups in total. The van der Waals surface area contributed by atoms with Crippen molar-refractivity contribution in [3.05, 3.63) is 89.6 Å². The summed E-state index contributed by atoms with van der Waals surface area (Å²) in [5.41, 5.74) is 4.82. The number of imide groups is 1. The lowest BCUT2D eigenvalue weighted by atomic mass is 10.0. The summed E-state index contributed by atoms with van der Waals surface area (Å²) in [7, 11) is 1.56. The van der Waals surface area contributed by atoms with E-state index in [2.05, 4.69) is 22.3 Å². The zero-order valence-corrected chi connectivity index (χ0v) is 20.1. The van der Waals surface area contributed by atoms with Crippen LogP contribution in [0.3, 0.4) is 0 Å². The molecule has 3 aromatic carbocycles. The van der Waals surface area contributed by atoms with Gasteiger partial charge in [0.25, 0.3) is 11.8 Å². The van der Waals surface area contributed by atoms with Crippen LogP contribution in [0, 0.1) is 6.92 Å². The van der Waals surface area contributed by atoms with Crippen LogP contribution in [0.4, 0.5) is 17.1 Å². The smallest absolute Gasteiger partial charge is 0.282 e. The molecule has 0 aromatic heterocycles. The van der Waals surface area contributed by atoms with E-state index >= 15 is 0 Å². The van der Waals surface area contributed by atoms with Crippen molar-refractivity contribution in [3.63, 3.8) is 0 Å². The molecule has 2 aliphatic rings. The maximum Gasteiger partial charge on any atom is 0.282 e. The van der Waals surface area contributed by atoms with Gasteiger partial charge < -0.3 is 15.0 Å². The van der Waals surface area contributed by atoms with Gasteiger partial charge in [0.2, 0.25) is 0 Å². The third-order valence-electron chi connectivity index (χ3n) is 6.59. The van der Waals surface area contributed by atoms with Crippen LogP contribution in [-0.2, 0) is 9.59 Å². The van der Waals surface area contributed by atoms with E-state index in [-0.39, 0.29) is 17.5 Å². The Hall–Kier alpha value is -4.06. The maximum atomic E-state index is 13.6. The second kappa shape index (κ2) is 9.66. The second-order valence-electron chi connectivity index (χ2n) is 8.98. The van der Waals surface area contributed by atoms with Crippen LogP contribution in [0.25, 0.3) is 5.57 Å². The van der Waals surface area contributed by atoms with Crippen LogP contribution >= 0.6 is 0 Å². The molecule has 5 rings (SSSR count). The average Bonchev–Trinajstić information content (AvgIpc) is 3.14. The van der Waals surface area contributed by atoms with E-state index in [1.807, 2.05) is 43.3 Å². The molecule has 1 saturated heterocycles. The number of amides is 2. The Bertz CT molecular complexity index is 1270. The highest BCUT2D eigenvalue weighted by molar-refractivity contribution is 6.46. The lowest BCUT2D eigenvalue weighted by molar-refractivity contribution is -0.120. The molecular weight excluding hydrogens is 438 g/mol. The number of aryl methyl sites for hydroxylation is 1. The molecule has 2 heterocycles. The van der Waals surface area contributed by atoms with Crippen molar-refractivity contribution in [1.29, 1.82) is 0 Å². The first kappa shape index (κ1) is 22.7. The van der Waals surface area contributed by atoms with Gasteiger partial charge in [-0.2, -0.15) is 0 Å². The summed E-state index contributed by atoms with van der Waals surface area (Å²) in [6.07, 6.45) is 3.71. The number of benzene rings is 3. The van der Waals surface area contributed by atoms with Gasteiger partial charge in [-0.15, -0.1) is 0 Å². The zero-order chi connectivity index (χ0) is 24.4. The zero-order valence-electron chi connectivity index (χ0n) is 20.1. The fourth-order valence-electron chi connectivity index (χ4n) is 4.67. The normalized spacial score (nSPS) is 16.2. The number of anilines is 3. The van der Waals surface area contributed by atoms with Crippen molar-refractivity contribution in [2.45, 2.75) is 26.2 Å². The van der Waals surface area contributed by atoms with Gasteiger partial charge in [0.15, 0.2) is 0 Å². The Labute approximate surface area is 205 Å². The van der Waals surface area contributed by atoms with Gasteiger partial charge in [0, 0.05) is 30.5 Å². The largest absolute Gasteiger partial charge is 0.497 e. The SMILES string of the molecule is COc1cccc(N2C(=O)C(Nc3ccc(N4CCCCC4)cc3)=C(c3ccc(C)cc3)C2=O)c1. The van der Waals surface area contributed by atoms with Crippen LogP contribution in [0.1, 0.15) is 30.4 Å². The van der Waals surface area contributed by atoms with Crippen molar-refractivity contribution >= 4 is 34.4 Å². The van der Waals surface area contributed by atoms with Crippen molar-refractivity contribution in [2.24, 2.45) is 0 Å². The number of carbonyl (C=O) groups is 2. The van der Waals surface area contributed by atoms with Gasteiger partial charge in [0.05, 0.1) is 18.4 Å². The minimum atomic E-state index is -0.390. The number of rotatable bonds is 6. The number of nitrogens with zero attached hydrogens (tertiary/aromatic N) is 2. The van der Waals surface area contributed by atoms with Gasteiger partial charge in [-0.25, -0.2) is 4.90 Å². The average molecular weight is 468 g/mol. The molecule has 0 aliphatic carbocycles. The molecule has 2 amide bonds. The third-order valence-corrected chi connectivity index (χ3v) is 6.59.